The lowest BCUT2D eigenvalue weighted by Crippen LogP contribution is -2.34. The molecular weight excluding hydrogens is 328 g/mol. The molecule has 1 aliphatic heterocycles. The Labute approximate surface area is 150 Å². The summed E-state index contributed by atoms with van der Waals surface area (Å²) in [4.78, 5) is 6.38. The summed E-state index contributed by atoms with van der Waals surface area (Å²) < 4.78 is 3.71. The molecule has 0 radical (unpaired) electrons. The monoisotopic (exact) mass is 346 g/mol. The van der Waals surface area contributed by atoms with Gasteiger partial charge in [-0.3, -0.25) is 4.68 Å². The van der Waals surface area contributed by atoms with Crippen LogP contribution in [0, 0.1) is 0 Å². The first kappa shape index (κ1) is 15.0. The fourth-order valence-electron chi connectivity index (χ4n) is 3.57. The highest BCUT2D eigenvalue weighted by Crippen LogP contribution is 2.26. The molecule has 4 aromatic rings. The van der Waals surface area contributed by atoms with Crippen LogP contribution in [-0.2, 0) is 6.54 Å². The first-order valence-corrected chi connectivity index (χ1v) is 8.75. The van der Waals surface area contributed by atoms with Crippen molar-refractivity contribution in [1.82, 2.24) is 34.6 Å². The molecule has 26 heavy (non-hydrogen) atoms. The van der Waals surface area contributed by atoms with E-state index in [9.17, 15) is 0 Å². The molecule has 0 bridgehead atoms. The largest absolute Gasteiger partial charge is 0.350 e. The summed E-state index contributed by atoms with van der Waals surface area (Å²) in [5, 5.41) is 17.7. The second kappa shape index (κ2) is 6.21. The Bertz CT molecular complexity index is 1010. The molecule has 1 fully saturated rings. The minimum Gasteiger partial charge on any atom is -0.350 e. The molecule has 8 nitrogen and oxygen atoms in total. The smallest absolute Gasteiger partial charge is 0.185 e. The standard InChI is InChI=1S/C18H18N8/c1-2-5-14(6-3-1)18-22-21-16-8-9-17(23-26(16)18)25-10-4-7-15(25)11-24-13-19-12-20-24/h1-3,5-6,8-9,12-13,15H,4,7,10-11H2/t15-/m1/s1. The van der Waals surface area contributed by atoms with E-state index in [2.05, 4.69) is 25.2 Å². The minimum atomic E-state index is 0.360. The van der Waals surface area contributed by atoms with Gasteiger partial charge in [-0.25, -0.2) is 4.98 Å². The van der Waals surface area contributed by atoms with Gasteiger partial charge in [-0.05, 0) is 25.0 Å². The van der Waals surface area contributed by atoms with E-state index in [-0.39, 0.29) is 0 Å². The molecule has 5 rings (SSSR count). The summed E-state index contributed by atoms with van der Waals surface area (Å²) in [7, 11) is 0. The van der Waals surface area contributed by atoms with Gasteiger partial charge in [0, 0.05) is 12.1 Å². The van der Waals surface area contributed by atoms with Gasteiger partial charge < -0.3 is 4.90 Å². The summed E-state index contributed by atoms with van der Waals surface area (Å²) in [5.74, 6) is 1.70. The molecular formula is C18H18N8. The zero-order chi connectivity index (χ0) is 17.3. The van der Waals surface area contributed by atoms with Crippen molar-refractivity contribution < 1.29 is 0 Å². The molecule has 1 saturated heterocycles. The van der Waals surface area contributed by atoms with Crippen LogP contribution >= 0.6 is 0 Å². The lowest BCUT2D eigenvalue weighted by atomic mass is 10.2. The van der Waals surface area contributed by atoms with Crippen molar-refractivity contribution in [3.63, 3.8) is 0 Å². The van der Waals surface area contributed by atoms with Crippen molar-refractivity contribution in [2.24, 2.45) is 0 Å². The summed E-state index contributed by atoms with van der Waals surface area (Å²) in [6.45, 7) is 1.80. The number of hydrogen-bond acceptors (Lipinski definition) is 6. The summed E-state index contributed by atoms with van der Waals surface area (Å²) in [5.41, 5.74) is 1.75. The van der Waals surface area contributed by atoms with Crippen LogP contribution in [0.1, 0.15) is 12.8 Å². The van der Waals surface area contributed by atoms with Crippen LogP contribution in [0.15, 0.2) is 55.1 Å². The van der Waals surface area contributed by atoms with Gasteiger partial charge in [0.05, 0.1) is 12.6 Å². The van der Waals surface area contributed by atoms with Crippen LogP contribution in [0.2, 0.25) is 0 Å². The number of fused-ring (bicyclic) bond motifs is 1. The van der Waals surface area contributed by atoms with Crippen molar-refractivity contribution in [2.45, 2.75) is 25.4 Å². The second-order valence-corrected chi connectivity index (χ2v) is 6.46. The van der Waals surface area contributed by atoms with Crippen LogP contribution in [0.3, 0.4) is 0 Å². The summed E-state index contributed by atoms with van der Waals surface area (Å²) in [6.07, 6.45) is 5.60. The van der Waals surface area contributed by atoms with Gasteiger partial charge in [0.1, 0.15) is 18.5 Å². The van der Waals surface area contributed by atoms with Crippen molar-refractivity contribution in [2.75, 3.05) is 11.4 Å². The Kier molecular flexibility index (Phi) is 3.59. The fraction of sp³-hybridized carbons (Fsp3) is 0.278. The Morgan fingerprint density at radius 2 is 1.96 bits per heavy atom. The molecule has 130 valence electrons. The van der Waals surface area contributed by atoms with Gasteiger partial charge in [0.2, 0.25) is 0 Å². The van der Waals surface area contributed by atoms with E-state index in [1.54, 1.807) is 12.7 Å². The van der Waals surface area contributed by atoms with Crippen molar-refractivity contribution in [1.29, 1.82) is 0 Å². The third-order valence-electron chi connectivity index (χ3n) is 4.82. The number of anilines is 1. The van der Waals surface area contributed by atoms with Gasteiger partial charge in [-0.15, -0.1) is 15.3 Å². The molecule has 0 unspecified atom stereocenters. The van der Waals surface area contributed by atoms with Crippen molar-refractivity contribution in [3.05, 3.63) is 55.1 Å². The van der Waals surface area contributed by atoms with Crippen LogP contribution in [0.4, 0.5) is 5.82 Å². The molecule has 0 N–H and O–H groups in total. The number of hydrogen-bond donors (Lipinski definition) is 0. The van der Waals surface area contributed by atoms with Gasteiger partial charge in [0.25, 0.3) is 0 Å². The van der Waals surface area contributed by atoms with E-state index in [1.807, 2.05) is 51.7 Å². The molecule has 0 spiro atoms. The van der Waals surface area contributed by atoms with Crippen LogP contribution < -0.4 is 4.90 Å². The molecule has 0 amide bonds. The normalized spacial score (nSPS) is 17.2. The van der Waals surface area contributed by atoms with E-state index in [1.165, 1.54) is 0 Å². The van der Waals surface area contributed by atoms with Gasteiger partial charge in [-0.2, -0.15) is 9.61 Å². The highest BCUT2D eigenvalue weighted by Gasteiger charge is 2.27. The maximum atomic E-state index is 4.85. The number of benzene rings is 1. The SMILES string of the molecule is c1ccc(-c2nnc3ccc(N4CCC[C@@H]4Cn4cncn4)nn23)cc1. The van der Waals surface area contributed by atoms with Crippen molar-refractivity contribution in [3.8, 4) is 11.4 Å². The number of aromatic nitrogens is 7. The average Bonchev–Trinajstić information content (AvgIpc) is 3.43. The second-order valence-electron chi connectivity index (χ2n) is 6.46. The van der Waals surface area contributed by atoms with Crippen LogP contribution in [-0.4, -0.2) is 47.2 Å². The van der Waals surface area contributed by atoms with Gasteiger partial charge in [-0.1, -0.05) is 30.3 Å². The van der Waals surface area contributed by atoms with E-state index < -0.39 is 0 Å². The first-order chi connectivity index (χ1) is 12.9. The Hall–Kier alpha value is -3.29. The highest BCUT2D eigenvalue weighted by molar-refractivity contribution is 5.59. The predicted molar refractivity (Wildman–Crippen MR) is 96.6 cm³/mol. The van der Waals surface area contributed by atoms with E-state index in [0.717, 1.165) is 48.8 Å². The Balaban J connectivity index is 1.51. The molecule has 3 aromatic heterocycles. The van der Waals surface area contributed by atoms with E-state index in [0.29, 0.717) is 6.04 Å². The predicted octanol–water partition coefficient (Wildman–Crippen LogP) is 2.05. The van der Waals surface area contributed by atoms with Gasteiger partial charge >= 0.3 is 0 Å². The zero-order valence-corrected chi connectivity index (χ0v) is 14.2. The van der Waals surface area contributed by atoms with E-state index >= 15 is 0 Å². The molecule has 8 heteroatoms. The Morgan fingerprint density at radius 3 is 2.81 bits per heavy atom. The lowest BCUT2D eigenvalue weighted by Gasteiger charge is -2.25. The maximum Gasteiger partial charge on any atom is 0.185 e. The molecule has 0 saturated carbocycles. The minimum absolute atomic E-state index is 0.360. The lowest BCUT2D eigenvalue weighted by molar-refractivity contribution is 0.505. The third kappa shape index (κ3) is 2.59. The van der Waals surface area contributed by atoms with E-state index in [4.69, 9.17) is 5.10 Å². The topological polar surface area (TPSA) is 77.0 Å². The zero-order valence-electron chi connectivity index (χ0n) is 14.2. The average molecular weight is 346 g/mol. The molecule has 0 aliphatic carbocycles. The summed E-state index contributed by atoms with van der Waals surface area (Å²) >= 11 is 0. The highest BCUT2D eigenvalue weighted by atomic mass is 15.4. The maximum absolute atomic E-state index is 4.85. The van der Waals surface area contributed by atoms with Crippen LogP contribution in [0.5, 0.6) is 0 Å². The molecule has 1 aromatic carbocycles. The molecule has 4 heterocycles. The number of rotatable bonds is 4. The fourth-order valence-corrected chi connectivity index (χ4v) is 3.57. The summed E-state index contributed by atoms with van der Waals surface area (Å²) in [6, 6.07) is 14.4. The Morgan fingerprint density at radius 1 is 1.04 bits per heavy atom. The molecule has 1 atom stereocenters. The van der Waals surface area contributed by atoms with Gasteiger partial charge in [0.15, 0.2) is 11.5 Å². The number of nitrogens with zero attached hydrogens (tertiary/aromatic N) is 8. The van der Waals surface area contributed by atoms with Crippen LogP contribution in [0.25, 0.3) is 17.0 Å². The quantitative estimate of drug-likeness (QED) is 0.563. The van der Waals surface area contributed by atoms with Crippen molar-refractivity contribution >= 4 is 11.5 Å². The first-order valence-electron chi connectivity index (χ1n) is 8.75. The molecule has 1 aliphatic rings. The third-order valence-corrected chi connectivity index (χ3v) is 4.82.